The van der Waals surface area contributed by atoms with Crippen molar-refractivity contribution >= 4 is 5.69 Å². The maximum absolute atomic E-state index is 8.01. The Morgan fingerprint density at radius 2 is 2.36 bits per heavy atom. The molecule has 0 aliphatic heterocycles. The summed E-state index contributed by atoms with van der Waals surface area (Å²) >= 11 is 0. The number of hydrogen-bond acceptors (Lipinski definition) is 2. The van der Waals surface area contributed by atoms with E-state index in [4.69, 9.17) is 11.3 Å². The first-order valence-electron chi connectivity index (χ1n) is 4.10. The lowest BCUT2D eigenvalue weighted by atomic mass is 10.1. The van der Waals surface area contributed by atoms with Crippen LogP contribution in [0, 0.1) is 18.8 Å². The highest BCUT2D eigenvalue weighted by Crippen LogP contribution is 2.11. The molecule has 0 aliphatic rings. The van der Waals surface area contributed by atoms with Crippen molar-refractivity contribution in [2.75, 3.05) is 12.3 Å². The first kappa shape index (κ1) is 9.97. The summed E-state index contributed by atoms with van der Waals surface area (Å²) in [6, 6.07) is 5.60. The van der Waals surface area contributed by atoms with Gasteiger partial charge in [-0.25, -0.2) is 0 Å². The third kappa shape index (κ3) is 2.74. The average Bonchev–Trinajstić information content (AvgIpc) is 2.18. The van der Waals surface area contributed by atoms with Crippen LogP contribution in [-0.4, -0.2) is 6.54 Å². The van der Waals surface area contributed by atoms with E-state index in [9.17, 15) is 0 Å². The molecule has 0 heterocycles. The molecule has 70 valence electrons. The van der Waals surface area contributed by atoms with Gasteiger partial charge in [-0.2, -0.15) is 0 Å². The summed E-state index contributed by atoms with van der Waals surface area (Å²) in [5, 5.41) is 3.30. The number of rotatable bonds is 1. The predicted octanol–water partition coefficient (Wildman–Crippen LogP) is 2.24. The van der Waals surface area contributed by atoms with E-state index in [1.165, 1.54) is 0 Å². The monoisotopic (exact) mass is 186 g/mol. The first-order valence-corrected chi connectivity index (χ1v) is 4.10. The van der Waals surface area contributed by atoms with Crippen molar-refractivity contribution in [2.24, 2.45) is 5.11 Å². The molecule has 0 bridgehead atoms. The van der Waals surface area contributed by atoms with Crippen LogP contribution in [0.1, 0.15) is 11.1 Å². The number of azide groups is 1. The molecule has 1 rings (SSSR count). The second-order valence-electron chi connectivity index (χ2n) is 2.76. The van der Waals surface area contributed by atoms with E-state index < -0.39 is 0 Å². The molecule has 1 aromatic rings. The van der Waals surface area contributed by atoms with Crippen LogP contribution in [0.5, 0.6) is 0 Å². The third-order valence-electron chi connectivity index (χ3n) is 1.72. The summed E-state index contributed by atoms with van der Waals surface area (Å²) in [5.74, 6) is 5.58. The fraction of sp³-hybridized carbons (Fsp3) is 0.200. The molecule has 2 N–H and O–H groups in total. The van der Waals surface area contributed by atoms with Gasteiger partial charge in [-0.3, -0.25) is 0 Å². The number of nitrogens with two attached hydrogens (primary N) is 1. The molecular weight excluding hydrogens is 176 g/mol. The molecule has 0 fully saturated rings. The molecular formula is C10H10N4. The van der Waals surface area contributed by atoms with E-state index >= 15 is 0 Å². The predicted molar refractivity (Wildman–Crippen MR) is 56.5 cm³/mol. The smallest absolute Gasteiger partial charge is 0.0880 e. The Morgan fingerprint density at radius 1 is 1.57 bits per heavy atom. The molecule has 0 amide bonds. The molecule has 0 spiro atoms. The number of aryl methyl sites for hydroxylation is 1. The highest BCUT2D eigenvalue weighted by atomic mass is 15.1. The third-order valence-corrected chi connectivity index (χ3v) is 1.72. The summed E-state index contributed by atoms with van der Waals surface area (Å²) in [6.45, 7) is 2.12. The van der Waals surface area contributed by atoms with Gasteiger partial charge in [0.15, 0.2) is 0 Å². The van der Waals surface area contributed by atoms with E-state index in [0.29, 0.717) is 0 Å². The zero-order chi connectivity index (χ0) is 10.4. The van der Waals surface area contributed by atoms with Gasteiger partial charge in [0.25, 0.3) is 0 Å². The highest BCUT2D eigenvalue weighted by molar-refractivity contribution is 5.52. The van der Waals surface area contributed by atoms with Gasteiger partial charge in [0.1, 0.15) is 0 Å². The number of anilines is 1. The zero-order valence-corrected chi connectivity index (χ0v) is 7.86. The summed E-state index contributed by atoms with van der Waals surface area (Å²) < 4.78 is 0. The maximum atomic E-state index is 8.01. The quantitative estimate of drug-likeness (QED) is 0.236. The fourth-order valence-electron chi connectivity index (χ4n) is 0.927. The fourth-order valence-corrected chi connectivity index (χ4v) is 0.927. The maximum Gasteiger partial charge on any atom is 0.0880 e. The molecule has 4 heteroatoms. The molecule has 0 saturated carbocycles. The van der Waals surface area contributed by atoms with Gasteiger partial charge in [-0.15, -0.1) is 0 Å². The second kappa shape index (κ2) is 4.80. The molecule has 0 saturated heterocycles. The van der Waals surface area contributed by atoms with Crippen molar-refractivity contribution < 1.29 is 0 Å². The Balaban J connectivity index is 2.80. The lowest BCUT2D eigenvalue weighted by molar-refractivity contribution is 1.25. The van der Waals surface area contributed by atoms with E-state index in [1.54, 1.807) is 6.07 Å². The Kier molecular flexibility index (Phi) is 3.42. The first-order chi connectivity index (χ1) is 6.74. The molecule has 14 heavy (non-hydrogen) atoms. The minimum absolute atomic E-state index is 0.185. The van der Waals surface area contributed by atoms with Crippen LogP contribution in [0.3, 0.4) is 0 Å². The SMILES string of the molecule is Cc1ccc(C#CCN=[N+]=[N-])cc1N. The van der Waals surface area contributed by atoms with Crippen LogP contribution >= 0.6 is 0 Å². The van der Waals surface area contributed by atoms with Crippen molar-refractivity contribution in [1.29, 1.82) is 0 Å². The average molecular weight is 186 g/mol. The van der Waals surface area contributed by atoms with Crippen LogP contribution in [0.2, 0.25) is 0 Å². The van der Waals surface area contributed by atoms with Gasteiger partial charge in [0, 0.05) is 16.2 Å². The van der Waals surface area contributed by atoms with Crippen LogP contribution in [0.4, 0.5) is 5.69 Å². The Bertz CT molecular complexity index is 433. The Labute approximate surface area is 82.4 Å². The number of hydrogen-bond donors (Lipinski definition) is 1. The van der Waals surface area contributed by atoms with Gasteiger partial charge < -0.3 is 5.73 Å². The van der Waals surface area contributed by atoms with Gasteiger partial charge in [-0.1, -0.05) is 23.0 Å². The summed E-state index contributed by atoms with van der Waals surface area (Å²) in [4.78, 5) is 2.60. The van der Waals surface area contributed by atoms with Gasteiger partial charge >= 0.3 is 0 Å². The summed E-state index contributed by atoms with van der Waals surface area (Å²) in [6.07, 6.45) is 0. The summed E-state index contributed by atoms with van der Waals surface area (Å²) in [7, 11) is 0. The standard InChI is InChI=1S/C10H10N4/c1-8-4-5-9(7-10(8)11)3-2-6-13-14-12/h4-5,7H,6,11H2,1H3. The van der Waals surface area contributed by atoms with Crippen LogP contribution in [0.25, 0.3) is 10.4 Å². The molecule has 0 atom stereocenters. The molecule has 0 unspecified atom stereocenters. The van der Waals surface area contributed by atoms with E-state index in [2.05, 4.69) is 21.9 Å². The number of benzene rings is 1. The largest absolute Gasteiger partial charge is 0.398 e. The zero-order valence-electron chi connectivity index (χ0n) is 7.86. The van der Waals surface area contributed by atoms with Crippen molar-refractivity contribution in [3.05, 3.63) is 39.8 Å². The van der Waals surface area contributed by atoms with Gasteiger partial charge in [0.05, 0.1) is 6.54 Å². The number of nitrogen functional groups attached to an aromatic ring is 1. The Morgan fingerprint density at radius 3 is 3.00 bits per heavy atom. The van der Waals surface area contributed by atoms with Gasteiger partial charge in [-0.05, 0) is 30.2 Å². The topological polar surface area (TPSA) is 74.8 Å². The lowest BCUT2D eigenvalue weighted by Crippen LogP contribution is -1.89. The molecule has 0 radical (unpaired) electrons. The minimum atomic E-state index is 0.185. The van der Waals surface area contributed by atoms with Crippen molar-refractivity contribution in [3.8, 4) is 11.8 Å². The lowest BCUT2D eigenvalue weighted by Gasteiger charge is -1.98. The normalized spacial score (nSPS) is 8.36. The van der Waals surface area contributed by atoms with Crippen LogP contribution in [0.15, 0.2) is 23.3 Å². The van der Waals surface area contributed by atoms with E-state index in [0.717, 1.165) is 16.8 Å². The number of nitrogens with zero attached hydrogens (tertiary/aromatic N) is 3. The molecule has 0 aliphatic carbocycles. The molecule has 4 nitrogen and oxygen atoms in total. The summed E-state index contributed by atoms with van der Waals surface area (Å²) in [5.41, 5.74) is 16.3. The van der Waals surface area contributed by atoms with Gasteiger partial charge in [0.2, 0.25) is 0 Å². The Hall–Kier alpha value is -2.11. The second-order valence-corrected chi connectivity index (χ2v) is 2.76. The highest BCUT2D eigenvalue weighted by Gasteiger charge is 1.92. The van der Waals surface area contributed by atoms with Crippen molar-refractivity contribution in [2.45, 2.75) is 6.92 Å². The molecule has 1 aromatic carbocycles. The molecule has 0 aromatic heterocycles. The van der Waals surface area contributed by atoms with Crippen molar-refractivity contribution in [1.82, 2.24) is 0 Å². The van der Waals surface area contributed by atoms with E-state index in [1.807, 2.05) is 19.1 Å². The van der Waals surface area contributed by atoms with E-state index in [-0.39, 0.29) is 6.54 Å². The van der Waals surface area contributed by atoms with Crippen LogP contribution < -0.4 is 5.73 Å². The van der Waals surface area contributed by atoms with Crippen LogP contribution in [-0.2, 0) is 0 Å². The van der Waals surface area contributed by atoms with Crippen molar-refractivity contribution in [3.63, 3.8) is 0 Å². The minimum Gasteiger partial charge on any atom is -0.398 e.